The topological polar surface area (TPSA) is 127 Å². The number of benzene rings is 2. The molecule has 2 bridgehead atoms. The predicted molar refractivity (Wildman–Crippen MR) is 181 cm³/mol. The third-order valence-corrected chi connectivity index (χ3v) is 10.8. The molecule has 3 saturated carbocycles. The van der Waals surface area contributed by atoms with Gasteiger partial charge >= 0.3 is 7.12 Å². The van der Waals surface area contributed by atoms with E-state index >= 15 is 0 Å². The number of amides is 3. The van der Waals surface area contributed by atoms with Crippen LogP contribution in [-0.4, -0.2) is 60.3 Å². The quantitative estimate of drug-likeness (QED) is 0.299. The molecule has 47 heavy (non-hydrogen) atoms. The van der Waals surface area contributed by atoms with Crippen molar-refractivity contribution in [3.8, 4) is 0 Å². The molecule has 10 nitrogen and oxygen atoms in total. The fraction of sp³-hybridized carbons (Fsp3) is 0.556. The molecule has 7 rings (SSSR count). The number of hydrogen-bond acceptors (Lipinski definition) is 7. The largest absolute Gasteiger partial charge is 0.481 e. The van der Waals surface area contributed by atoms with Crippen molar-refractivity contribution < 1.29 is 28.5 Å². The third-order valence-electron chi connectivity index (χ3n) is 10.8. The molecule has 250 valence electrons. The molecule has 3 amide bonds. The van der Waals surface area contributed by atoms with Crippen LogP contribution in [0.4, 0.5) is 5.69 Å². The fourth-order valence-corrected chi connectivity index (χ4v) is 8.21. The standard InChI is InChI=1S/C36H47BN4O6/c1-22(2)15-31(37-45-30-18-26-17-29(34(26,4)5)35(30,6)46-37)40-33(44)36(19-24-11-8-7-9-12-24)20-28(41-47-36)21-38-32(43)25-13-10-14-27(16-25)39-23(3)42/h7-14,16,22,26,29-31H,15,17-21H2,1-6H3,(H,38,43)(H,39,42)(H,40,44)/t26-,29-,30+,31-,35-,36?/m0/s1. The van der Waals surface area contributed by atoms with Crippen molar-refractivity contribution in [2.24, 2.45) is 28.3 Å². The van der Waals surface area contributed by atoms with Crippen LogP contribution < -0.4 is 16.0 Å². The van der Waals surface area contributed by atoms with E-state index in [1.165, 1.54) is 6.92 Å². The average molecular weight is 643 g/mol. The number of carbonyl (C=O) groups is 3. The van der Waals surface area contributed by atoms with E-state index in [9.17, 15) is 14.4 Å². The number of rotatable bonds is 11. The summed E-state index contributed by atoms with van der Waals surface area (Å²) in [6.07, 6.45) is 3.33. The third kappa shape index (κ3) is 6.57. The summed E-state index contributed by atoms with van der Waals surface area (Å²) in [5, 5.41) is 13.2. The molecular formula is C36H47BN4O6. The summed E-state index contributed by atoms with van der Waals surface area (Å²) in [7, 11) is -0.561. The van der Waals surface area contributed by atoms with Crippen LogP contribution >= 0.6 is 0 Å². The number of oxime groups is 1. The van der Waals surface area contributed by atoms with Gasteiger partial charge in [0.15, 0.2) is 0 Å². The molecular weight excluding hydrogens is 595 g/mol. The van der Waals surface area contributed by atoms with Crippen molar-refractivity contribution >= 4 is 36.2 Å². The van der Waals surface area contributed by atoms with Crippen LogP contribution in [0.3, 0.4) is 0 Å². The molecule has 3 N–H and O–H groups in total. The highest BCUT2D eigenvalue weighted by Crippen LogP contribution is 2.65. The summed E-state index contributed by atoms with van der Waals surface area (Å²) in [6, 6.07) is 16.4. The molecule has 2 aromatic rings. The van der Waals surface area contributed by atoms with Crippen molar-refractivity contribution in [1.29, 1.82) is 0 Å². The Morgan fingerprint density at radius 1 is 1.04 bits per heavy atom. The molecule has 2 aliphatic heterocycles. The molecule has 3 aliphatic carbocycles. The van der Waals surface area contributed by atoms with E-state index in [0.717, 1.165) is 18.4 Å². The van der Waals surface area contributed by atoms with Gasteiger partial charge in [-0.05, 0) is 73.1 Å². The lowest BCUT2D eigenvalue weighted by Crippen LogP contribution is -2.65. The maximum atomic E-state index is 14.4. The highest BCUT2D eigenvalue weighted by molar-refractivity contribution is 6.48. The van der Waals surface area contributed by atoms with E-state index in [0.29, 0.717) is 41.6 Å². The summed E-state index contributed by atoms with van der Waals surface area (Å²) in [6.45, 7) is 12.6. The monoisotopic (exact) mass is 642 g/mol. The predicted octanol–water partition coefficient (Wildman–Crippen LogP) is 4.93. The van der Waals surface area contributed by atoms with Gasteiger partial charge < -0.3 is 30.1 Å². The first kappa shape index (κ1) is 33.2. The number of nitrogens with one attached hydrogen (secondary N) is 3. The number of hydrogen-bond donors (Lipinski definition) is 3. The van der Waals surface area contributed by atoms with Gasteiger partial charge in [0, 0.05) is 31.0 Å². The Morgan fingerprint density at radius 2 is 1.81 bits per heavy atom. The van der Waals surface area contributed by atoms with E-state index < -0.39 is 12.7 Å². The van der Waals surface area contributed by atoms with Gasteiger partial charge in [-0.1, -0.05) is 69.2 Å². The van der Waals surface area contributed by atoms with Crippen LogP contribution in [0.2, 0.25) is 0 Å². The molecule has 5 aliphatic rings. The van der Waals surface area contributed by atoms with Gasteiger partial charge in [-0.3, -0.25) is 14.4 Å². The normalized spacial score (nSPS) is 29.2. The second kappa shape index (κ2) is 12.7. The highest BCUT2D eigenvalue weighted by atomic mass is 16.7. The van der Waals surface area contributed by atoms with Gasteiger partial charge in [0.05, 0.1) is 29.9 Å². The summed E-state index contributed by atoms with van der Waals surface area (Å²) in [4.78, 5) is 44.9. The first-order valence-electron chi connectivity index (χ1n) is 16.9. The van der Waals surface area contributed by atoms with E-state index in [4.69, 9.17) is 14.1 Å². The molecule has 0 spiro atoms. The lowest BCUT2D eigenvalue weighted by molar-refractivity contribution is -0.199. The Hall–Kier alpha value is -3.70. The molecule has 6 atom stereocenters. The molecule has 2 heterocycles. The van der Waals surface area contributed by atoms with Crippen LogP contribution in [-0.2, 0) is 30.2 Å². The zero-order valence-electron chi connectivity index (χ0n) is 28.3. The zero-order chi connectivity index (χ0) is 33.6. The summed E-state index contributed by atoms with van der Waals surface area (Å²) in [5.74, 6) is 0.133. The van der Waals surface area contributed by atoms with E-state index in [1.54, 1.807) is 24.3 Å². The van der Waals surface area contributed by atoms with Crippen molar-refractivity contribution in [2.45, 2.75) is 96.9 Å². The maximum absolute atomic E-state index is 14.4. The first-order valence-corrected chi connectivity index (χ1v) is 16.9. The highest BCUT2D eigenvalue weighted by Gasteiger charge is 2.68. The smallest absolute Gasteiger partial charge is 0.404 e. The lowest BCUT2D eigenvalue weighted by atomic mass is 9.43. The van der Waals surface area contributed by atoms with Crippen LogP contribution in [0.1, 0.15) is 83.1 Å². The molecule has 0 radical (unpaired) electrons. The summed E-state index contributed by atoms with van der Waals surface area (Å²) >= 11 is 0. The van der Waals surface area contributed by atoms with Gasteiger partial charge in [0.25, 0.3) is 11.8 Å². The molecule has 1 unspecified atom stereocenters. The average Bonchev–Trinajstić information content (AvgIpc) is 3.60. The Morgan fingerprint density at radius 3 is 2.51 bits per heavy atom. The SMILES string of the molecule is CC(=O)Nc1cccc(C(=O)NCC2=NOC(Cc3ccccc3)(C(=O)N[C@@H](CC(C)C)B3O[C@@H]4C[C@@H]5C[C@@H](C5(C)C)[C@]4(C)O3)C2)c1. The second-order valence-corrected chi connectivity index (χ2v) is 15.1. The minimum Gasteiger partial charge on any atom is -0.404 e. The van der Waals surface area contributed by atoms with Crippen molar-refractivity contribution in [1.82, 2.24) is 10.6 Å². The zero-order valence-corrected chi connectivity index (χ0v) is 28.3. The minimum atomic E-state index is -1.30. The van der Waals surface area contributed by atoms with Gasteiger partial charge in [-0.15, -0.1) is 0 Å². The second-order valence-electron chi connectivity index (χ2n) is 15.1. The van der Waals surface area contributed by atoms with Gasteiger partial charge in [0.2, 0.25) is 11.5 Å². The number of carbonyl (C=O) groups excluding carboxylic acids is 3. The van der Waals surface area contributed by atoms with E-state index in [2.05, 4.69) is 55.7 Å². The Balaban J connectivity index is 1.16. The molecule has 0 aromatic heterocycles. The fourth-order valence-electron chi connectivity index (χ4n) is 8.21. The van der Waals surface area contributed by atoms with Crippen molar-refractivity contribution in [3.63, 3.8) is 0 Å². The first-order chi connectivity index (χ1) is 22.3. The lowest BCUT2D eigenvalue weighted by Gasteiger charge is -2.64. The molecule has 11 heteroatoms. The Bertz CT molecular complexity index is 1550. The molecule has 4 fully saturated rings. The number of nitrogens with zero attached hydrogens (tertiary/aromatic N) is 1. The maximum Gasteiger partial charge on any atom is 0.481 e. The summed E-state index contributed by atoms with van der Waals surface area (Å²) in [5.41, 5.74) is 0.946. The van der Waals surface area contributed by atoms with Crippen LogP contribution in [0.25, 0.3) is 0 Å². The molecule has 1 saturated heterocycles. The van der Waals surface area contributed by atoms with Crippen molar-refractivity contribution in [3.05, 3.63) is 65.7 Å². The molecule has 2 aromatic carbocycles. The summed E-state index contributed by atoms with van der Waals surface area (Å²) < 4.78 is 13.4. The Labute approximate surface area is 277 Å². The van der Waals surface area contributed by atoms with E-state index in [-0.39, 0.29) is 59.7 Å². The Kier molecular flexibility index (Phi) is 8.99. The van der Waals surface area contributed by atoms with Crippen LogP contribution in [0.5, 0.6) is 0 Å². The number of anilines is 1. The van der Waals surface area contributed by atoms with Crippen LogP contribution in [0, 0.1) is 23.2 Å². The van der Waals surface area contributed by atoms with Gasteiger partial charge in [0.1, 0.15) is 0 Å². The minimum absolute atomic E-state index is 0.00864. The van der Waals surface area contributed by atoms with Crippen molar-refractivity contribution in [2.75, 3.05) is 11.9 Å². The van der Waals surface area contributed by atoms with Crippen LogP contribution in [0.15, 0.2) is 59.8 Å². The van der Waals surface area contributed by atoms with Gasteiger partial charge in [-0.2, -0.15) is 0 Å². The van der Waals surface area contributed by atoms with E-state index in [1.807, 2.05) is 30.3 Å². The van der Waals surface area contributed by atoms with Gasteiger partial charge in [-0.25, -0.2) is 0 Å².